The number of sulfonamides is 1. The van der Waals surface area contributed by atoms with E-state index in [1.165, 1.54) is 18.2 Å². The quantitative estimate of drug-likeness (QED) is 0.450. The number of hydrogen-bond donors (Lipinski definition) is 2. The molecule has 1 amide bonds. The summed E-state index contributed by atoms with van der Waals surface area (Å²) in [5.41, 5.74) is 0.532. The molecule has 0 aromatic heterocycles. The van der Waals surface area contributed by atoms with Gasteiger partial charge in [-0.15, -0.1) is 0 Å². The summed E-state index contributed by atoms with van der Waals surface area (Å²) >= 11 is 0. The van der Waals surface area contributed by atoms with E-state index < -0.39 is 83.8 Å². The normalized spacial score (nSPS) is 32.4. The fourth-order valence-corrected chi connectivity index (χ4v) is 5.42. The molecule has 37 heavy (non-hydrogen) atoms. The highest BCUT2D eigenvalue weighted by molar-refractivity contribution is 7.89. The van der Waals surface area contributed by atoms with Crippen LogP contribution in [0.5, 0.6) is 0 Å². The number of nitrogens with one attached hydrogen (secondary N) is 1. The van der Waals surface area contributed by atoms with Crippen molar-refractivity contribution in [2.45, 2.75) is 56.0 Å². The van der Waals surface area contributed by atoms with E-state index in [2.05, 4.69) is 5.32 Å². The van der Waals surface area contributed by atoms with Gasteiger partial charge < -0.3 is 24.6 Å². The van der Waals surface area contributed by atoms with Crippen LogP contribution >= 0.6 is 0 Å². The maximum absolute atomic E-state index is 13.8. The van der Waals surface area contributed by atoms with E-state index in [1.54, 1.807) is 30.3 Å². The third-order valence-electron chi connectivity index (χ3n) is 5.90. The largest absolute Gasteiger partial charge is 0.443 e. The first kappa shape index (κ1) is 17.9. The number of amides is 1. The smallest absolute Gasteiger partial charge is 0.407 e. The molecule has 9 nitrogen and oxygen atoms in total. The number of alkyl carbamates (subject to hydrolysis) is 1. The van der Waals surface area contributed by atoms with Crippen molar-refractivity contribution in [2.75, 3.05) is 26.2 Å². The minimum Gasteiger partial charge on any atom is -0.443 e. The summed E-state index contributed by atoms with van der Waals surface area (Å²) in [6.45, 7) is -9.78. The molecule has 202 valence electrons. The van der Waals surface area contributed by atoms with Gasteiger partial charge in [0.2, 0.25) is 10.0 Å². The first-order valence-corrected chi connectivity index (χ1v) is 13.2. The molecule has 2 saturated heterocycles. The number of aliphatic hydroxyl groups is 1. The van der Waals surface area contributed by atoms with E-state index >= 15 is 0 Å². The molecule has 2 aliphatic heterocycles. The molecule has 4 rings (SSSR count). The Hall–Kier alpha value is -2.50. The number of nitrogens with zero attached hydrogens (tertiary/aromatic N) is 1. The van der Waals surface area contributed by atoms with Crippen molar-refractivity contribution in [1.29, 1.82) is 0 Å². The second-order valence-corrected chi connectivity index (χ2v) is 10.6. The Balaban J connectivity index is 1.69. The van der Waals surface area contributed by atoms with E-state index in [9.17, 15) is 18.3 Å². The van der Waals surface area contributed by atoms with E-state index in [-0.39, 0.29) is 23.8 Å². The highest BCUT2D eigenvalue weighted by atomic mass is 32.2. The summed E-state index contributed by atoms with van der Waals surface area (Å²) in [5.74, 6) is -4.01. The molecule has 2 fully saturated rings. The van der Waals surface area contributed by atoms with Crippen molar-refractivity contribution in [3.63, 3.8) is 0 Å². The predicted molar refractivity (Wildman–Crippen MR) is 137 cm³/mol. The Labute approximate surface area is 231 Å². The van der Waals surface area contributed by atoms with Gasteiger partial charge in [0.25, 0.3) is 0 Å². The van der Waals surface area contributed by atoms with Gasteiger partial charge in [-0.2, -0.15) is 4.31 Å². The van der Waals surface area contributed by atoms with Crippen LogP contribution < -0.4 is 5.32 Å². The summed E-state index contributed by atoms with van der Waals surface area (Å²) in [5, 5.41) is 13.9. The van der Waals surface area contributed by atoms with E-state index in [1.807, 2.05) is 0 Å². The zero-order valence-corrected chi connectivity index (χ0v) is 21.0. The van der Waals surface area contributed by atoms with Crippen molar-refractivity contribution in [2.24, 2.45) is 11.8 Å². The lowest BCUT2D eigenvalue weighted by atomic mass is 10.0. The number of rotatable bonds is 11. The Kier molecular flexibility index (Phi) is 5.98. The summed E-state index contributed by atoms with van der Waals surface area (Å²) in [6, 6.07) is 13.4. The van der Waals surface area contributed by atoms with Crippen molar-refractivity contribution in [3.05, 3.63) is 66.2 Å². The van der Waals surface area contributed by atoms with E-state index in [0.717, 1.165) is 19.1 Å². The van der Waals surface area contributed by atoms with Gasteiger partial charge in [-0.25, -0.2) is 13.2 Å². The molecule has 0 radical (unpaired) electrons. The van der Waals surface area contributed by atoms with Crippen molar-refractivity contribution < 1.29 is 44.9 Å². The number of fused-ring (bicyclic) bond motifs is 1. The van der Waals surface area contributed by atoms with Crippen LogP contribution in [0.3, 0.4) is 0 Å². The second kappa shape index (κ2) is 12.4. The number of hydrogen-bond acceptors (Lipinski definition) is 7. The van der Waals surface area contributed by atoms with Gasteiger partial charge in [-0.1, -0.05) is 62.3 Å². The predicted octanol–water partition coefficient (Wildman–Crippen LogP) is 2.79. The number of carbonyl (C=O) groups is 1. The summed E-state index contributed by atoms with van der Waals surface area (Å²) in [4.78, 5) is 12.8. The van der Waals surface area contributed by atoms with E-state index in [0.29, 0.717) is 5.56 Å². The average Bonchev–Trinajstić information content (AvgIpc) is 3.49. The molecule has 2 aromatic carbocycles. The van der Waals surface area contributed by atoms with Crippen molar-refractivity contribution in [1.82, 2.24) is 9.62 Å². The summed E-state index contributed by atoms with van der Waals surface area (Å²) in [6.07, 6.45) is -7.00. The third kappa shape index (κ3) is 7.08. The maximum Gasteiger partial charge on any atom is 0.407 e. The Morgan fingerprint density at radius 3 is 2.70 bits per heavy atom. The van der Waals surface area contributed by atoms with E-state index in [4.69, 9.17) is 26.5 Å². The number of aliphatic hydroxyl groups excluding tert-OH is 1. The fraction of sp³-hybridized carbons (Fsp3) is 0.519. The van der Waals surface area contributed by atoms with Crippen LogP contribution in [0.4, 0.5) is 4.79 Å². The number of ether oxygens (including phenoxy) is 3. The van der Waals surface area contributed by atoms with Crippen LogP contribution in [0.25, 0.3) is 0 Å². The van der Waals surface area contributed by atoms with Gasteiger partial charge in [0.1, 0.15) is 6.08 Å². The first-order valence-electron chi connectivity index (χ1n) is 16.2. The molecular formula is C27H36N2O7S. The van der Waals surface area contributed by atoms with Gasteiger partial charge in [-0.05, 0) is 36.4 Å². The zero-order valence-electron chi connectivity index (χ0n) is 29.2. The van der Waals surface area contributed by atoms with Gasteiger partial charge in [0, 0.05) is 21.3 Å². The van der Waals surface area contributed by atoms with Crippen LogP contribution in [0.15, 0.2) is 65.6 Å². The van der Waals surface area contributed by atoms with Gasteiger partial charge in [-0.3, -0.25) is 0 Å². The molecule has 0 aliphatic carbocycles. The maximum atomic E-state index is 13.8. The number of benzene rings is 2. The molecule has 2 heterocycles. The number of carbonyl (C=O) groups excluding carboxylic acids is 1. The zero-order chi connectivity index (χ0) is 34.3. The molecule has 2 aromatic rings. The standard InChI is InChI=1S/C27H36N2O7S/c1-19(2)16-29(37(32,33)21-11-7-4-8-12-21)17-24(30)23(15-20-9-5-3-6-10-20)28-27(31)36-25-18-35-26-22(25)13-14-34-26/h3-12,19,22-26,30H,13-18H2,1-2H3,(H,28,31)/t22-,23-,24+,25-,26+/m0/s1/i1D3,16D2,18D2,19D,25D/t19?,22-,23-,24+,25-,26+. The molecule has 10 heteroatoms. The van der Waals surface area contributed by atoms with Crippen molar-refractivity contribution >= 4 is 16.1 Å². The third-order valence-corrected chi connectivity index (χ3v) is 7.59. The molecule has 0 bridgehead atoms. The monoisotopic (exact) mass is 541 g/mol. The highest BCUT2D eigenvalue weighted by Crippen LogP contribution is 2.33. The summed E-state index contributed by atoms with van der Waals surface area (Å²) in [7, 11) is -4.91. The topological polar surface area (TPSA) is 114 Å². The molecule has 1 unspecified atom stereocenters. The minimum atomic E-state index is -4.91. The van der Waals surface area contributed by atoms with Crippen LogP contribution in [0, 0.1) is 11.8 Å². The molecule has 2 aliphatic rings. The SMILES string of the molecule is [2H]C([2H])([2H])C([2H])(C)C([2H])([2H])N(C[C@@H](O)[C@H](Cc1ccccc1)NC(=O)O[C@]1([2H])[C@@H]2CCO[C@@H]2OC1([2H])[2H])S(=O)(=O)c1ccccc1. The van der Waals surface area contributed by atoms with Crippen LogP contribution in [0.2, 0.25) is 0 Å². The molecular weight excluding hydrogens is 496 g/mol. The van der Waals surface area contributed by atoms with Crippen LogP contribution in [0.1, 0.15) is 38.1 Å². The minimum absolute atomic E-state index is 0.0975. The molecule has 0 saturated carbocycles. The second-order valence-electron chi connectivity index (χ2n) is 8.70. The Morgan fingerprint density at radius 2 is 2.00 bits per heavy atom. The highest BCUT2D eigenvalue weighted by Gasteiger charge is 2.44. The Bertz CT molecular complexity index is 1480. The average molecular weight is 542 g/mol. The lowest BCUT2D eigenvalue weighted by molar-refractivity contribution is -0.0907. The fourth-order valence-electron chi connectivity index (χ4n) is 4.06. The Morgan fingerprint density at radius 1 is 1.30 bits per heavy atom. The van der Waals surface area contributed by atoms with Gasteiger partial charge in [0.05, 0.1) is 40.2 Å². The van der Waals surface area contributed by atoms with Crippen LogP contribution in [-0.2, 0) is 30.7 Å². The molecule has 2 N–H and O–H groups in total. The molecule has 0 spiro atoms. The summed E-state index contributed by atoms with van der Waals surface area (Å²) < 4.78 is 118. The van der Waals surface area contributed by atoms with Crippen LogP contribution in [-0.4, -0.2) is 74.6 Å². The molecule has 6 atom stereocenters. The van der Waals surface area contributed by atoms with Gasteiger partial charge >= 0.3 is 6.09 Å². The van der Waals surface area contributed by atoms with Gasteiger partial charge in [0.15, 0.2) is 6.29 Å². The lowest BCUT2D eigenvalue weighted by Crippen LogP contribution is -2.51. The lowest BCUT2D eigenvalue weighted by Gasteiger charge is -2.31. The first-order chi connectivity index (χ1) is 21.1. The van der Waals surface area contributed by atoms with Crippen molar-refractivity contribution in [3.8, 4) is 0 Å².